The van der Waals surface area contributed by atoms with Gasteiger partial charge < -0.3 is 9.84 Å². The third kappa shape index (κ3) is 1.55. The summed E-state index contributed by atoms with van der Waals surface area (Å²) in [4.78, 5) is 0. The quantitative estimate of drug-likeness (QED) is 0.838. The lowest BCUT2D eigenvalue weighted by atomic mass is 9.99. The van der Waals surface area contributed by atoms with E-state index >= 15 is 0 Å². The monoisotopic (exact) mass is 256 g/mol. The van der Waals surface area contributed by atoms with E-state index in [-0.39, 0.29) is 6.10 Å². The Bertz CT molecular complexity index is 349. The number of ether oxygens (including phenoxy) is 1. The third-order valence-electron chi connectivity index (χ3n) is 2.52. The molecule has 0 fully saturated rings. The van der Waals surface area contributed by atoms with Crippen molar-refractivity contribution < 1.29 is 9.84 Å². The van der Waals surface area contributed by atoms with Gasteiger partial charge in [-0.15, -0.1) is 0 Å². The van der Waals surface area contributed by atoms with Crippen LogP contribution in [0.4, 0.5) is 0 Å². The van der Waals surface area contributed by atoms with E-state index in [2.05, 4.69) is 29.8 Å². The maximum Gasteiger partial charge on any atom is 0.131 e. The Labute approximate surface area is 92.0 Å². The molecule has 0 amide bonds. The van der Waals surface area contributed by atoms with Crippen LogP contribution in [-0.2, 0) is 0 Å². The van der Waals surface area contributed by atoms with E-state index in [4.69, 9.17) is 4.74 Å². The van der Waals surface area contributed by atoms with Gasteiger partial charge in [-0.2, -0.15) is 0 Å². The lowest BCUT2D eigenvalue weighted by Crippen LogP contribution is -2.24. The topological polar surface area (TPSA) is 29.5 Å². The van der Waals surface area contributed by atoms with Crippen LogP contribution in [-0.4, -0.2) is 11.2 Å². The number of halogens is 1. The van der Waals surface area contributed by atoms with E-state index in [1.165, 1.54) is 0 Å². The molecule has 0 aromatic heterocycles. The van der Waals surface area contributed by atoms with Gasteiger partial charge >= 0.3 is 0 Å². The van der Waals surface area contributed by atoms with Crippen LogP contribution >= 0.6 is 15.9 Å². The maximum absolute atomic E-state index is 9.99. The molecule has 0 aliphatic carbocycles. The predicted molar refractivity (Wildman–Crippen MR) is 58.4 cm³/mol. The Morgan fingerprint density at radius 3 is 2.79 bits per heavy atom. The summed E-state index contributed by atoms with van der Waals surface area (Å²) < 4.78 is 6.64. The van der Waals surface area contributed by atoms with Gasteiger partial charge in [-0.3, -0.25) is 0 Å². The van der Waals surface area contributed by atoms with Gasteiger partial charge in [-0.05, 0) is 24.1 Å². The summed E-state index contributed by atoms with van der Waals surface area (Å²) >= 11 is 3.38. The second kappa shape index (κ2) is 3.55. The second-order valence-electron chi connectivity index (χ2n) is 3.95. The SMILES string of the molecule is CC(C)[C@@H]1Oc2ccc(Br)cc2[C@H]1O. The highest BCUT2D eigenvalue weighted by atomic mass is 79.9. The maximum atomic E-state index is 9.99. The fourth-order valence-electron chi connectivity index (χ4n) is 1.75. The number of fused-ring (bicyclic) bond motifs is 1. The van der Waals surface area contributed by atoms with E-state index in [1.807, 2.05) is 18.2 Å². The molecule has 0 radical (unpaired) electrons. The molecule has 1 aliphatic rings. The Kier molecular flexibility index (Phi) is 2.54. The van der Waals surface area contributed by atoms with E-state index in [0.717, 1.165) is 15.8 Å². The molecule has 2 nitrogen and oxygen atoms in total. The Morgan fingerprint density at radius 2 is 2.14 bits per heavy atom. The summed E-state index contributed by atoms with van der Waals surface area (Å²) in [5, 5.41) is 9.99. The van der Waals surface area contributed by atoms with E-state index in [9.17, 15) is 5.11 Å². The smallest absolute Gasteiger partial charge is 0.131 e. The van der Waals surface area contributed by atoms with Crippen molar-refractivity contribution in [3.05, 3.63) is 28.2 Å². The van der Waals surface area contributed by atoms with Crippen molar-refractivity contribution in [2.45, 2.75) is 26.1 Å². The zero-order valence-electron chi connectivity index (χ0n) is 8.20. The average Bonchev–Trinajstić information content (AvgIpc) is 2.44. The fourth-order valence-corrected chi connectivity index (χ4v) is 2.13. The first-order chi connectivity index (χ1) is 6.59. The highest BCUT2D eigenvalue weighted by Gasteiger charge is 2.34. The standard InChI is InChI=1S/C11H13BrO2/c1-6(2)11-10(13)8-5-7(12)3-4-9(8)14-11/h3-6,10-11,13H,1-2H3/t10-,11+/m1/s1. The lowest BCUT2D eigenvalue weighted by Gasteiger charge is -2.17. The molecule has 1 heterocycles. The summed E-state index contributed by atoms with van der Waals surface area (Å²) in [5.41, 5.74) is 0.887. The molecule has 0 unspecified atom stereocenters. The van der Waals surface area contributed by atoms with Crippen LogP contribution in [0.15, 0.2) is 22.7 Å². The van der Waals surface area contributed by atoms with Crippen molar-refractivity contribution in [3.63, 3.8) is 0 Å². The second-order valence-corrected chi connectivity index (χ2v) is 4.87. The first-order valence-corrected chi connectivity index (χ1v) is 5.53. The van der Waals surface area contributed by atoms with E-state index < -0.39 is 6.10 Å². The minimum atomic E-state index is -0.498. The first kappa shape index (κ1) is 9.99. The third-order valence-corrected chi connectivity index (χ3v) is 3.02. The largest absolute Gasteiger partial charge is 0.487 e. The first-order valence-electron chi connectivity index (χ1n) is 4.74. The number of hydrogen-bond donors (Lipinski definition) is 1. The minimum absolute atomic E-state index is 0.112. The van der Waals surface area contributed by atoms with Crippen LogP contribution < -0.4 is 4.74 Å². The number of hydrogen-bond acceptors (Lipinski definition) is 2. The lowest BCUT2D eigenvalue weighted by molar-refractivity contribution is 0.0383. The van der Waals surface area contributed by atoms with Gasteiger partial charge in [0.1, 0.15) is 18.0 Å². The van der Waals surface area contributed by atoms with Crippen molar-refractivity contribution >= 4 is 15.9 Å². The van der Waals surface area contributed by atoms with Gasteiger partial charge in [0.2, 0.25) is 0 Å². The van der Waals surface area contributed by atoms with Crippen molar-refractivity contribution in [1.29, 1.82) is 0 Å². The van der Waals surface area contributed by atoms with Crippen molar-refractivity contribution in [1.82, 2.24) is 0 Å². The van der Waals surface area contributed by atoms with Crippen LogP contribution in [0.3, 0.4) is 0 Å². The number of aliphatic hydroxyl groups is 1. The Morgan fingerprint density at radius 1 is 1.43 bits per heavy atom. The van der Waals surface area contributed by atoms with Crippen LogP contribution in [0.5, 0.6) is 5.75 Å². The predicted octanol–water partition coefficient (Wildman–Crippen LogP) is 2.90. The molecule has 2 rings (SSSR count). The minimum Gasteiger partial charge on any atom is -0.487 e. The molecule has 0 bridgehead atoms. The van der Waals surface area contributed by atoms with Crippen molar-refractivity contribution in [3.8, 4) is 5.75 Å². The number of benzene rings is 1. The number of rotatable bonds is 1. The molecule has 1 aliphatic heterocycles. The van der Waals surface area contributed by atoms with Gasteiger partial charge in [-0.1, -0.05) is 29.8 Å². The zero-order valence-corrected chi connectivity index (χ0v) is 9.78. The highest BCUT2D eigenvalue weighted by molar-refractivity contribution is 9.10. The molecule has 1 aromatic rings. The Hall–Kier alpha value is -0.540. The average molecular weight is 257 g/mol. The van der Waals surface area contributed by atoms with Crippen LogP contribution in [0.1, 0.15) is 25.5 Å². The van der Waals surface area contributed by atoms with Gasteiger partial charge in [0.15, 0.2) is 0 Å². The van der Waals surface area contributed by atoms with Crippen LogP contribution in [0, 0.1) is 5.92 Å². The van der Waals surface area contributed by atoms with Gasteiger partial charge in [-0.25, -0.2) is 0 Å². The molecule has 1 aromatic carbocycles. The van der Waals surface area contributed by atoms with Crippen molar-refractivity contribution in [2.24, 2.45) is 5.92 Å². The summed E-state index contributed by atoms with van der Waals surface area (Å²) in [7, 11) is 0. The summed E-state index contributed by atoms with van der Waals surface area (Å²) in [6, 6.07) is 5.74. The molecule has 1 N–H and O–H groups in total. The van der Waals surface area contributed by atoms with Gasteiger partial charge in [0.05, 0.1) is 0 Å². The summed E-state index contributed by atoms with van der Waals surface area (Å²) in [6.07, 6.45) is -0.609. The fraction of sp³-hybridized carbons (Fsp3) is 0.455. The van der Waals surface area contributed by atoms with Crippen LogP contribution in [0.25, 0.3) is 0 Å². The summed E-state index contributed by atoms with van der Waals surface area (Å²) in [5.74, 6) is 1.12. The van der Waals surface area contributed by atoms with E-state index in [0.29, 0.717) is 5.92 Å². The molecular formula is C11H13BrO2. The van der Waals surface area contributed by atoms with Crippen LogP contribution in [0.2, 0.25) is 0 Å². The molecule has 2 atom stereocenters. The molecule has 0 spiro atoms. The molecule has 0 saturated carbocycles. The molecule has 14 heavy (non-hydrogen) atoms. The highest BCUT2D eigenvalue weighted by Crippen LogP contribution is 2.40. The number of aliphatic hydroxyl groups excluding tert-OH is 1. The van der Waals surface area contributed by atoms with E-state index in [1.54, 1.807) is 0 Å². The van der Waals surface area contributed by atoms with Crippen molar-refractivity contribution in [2.75, 3.05) is 0 Å². The zero-order chi connectivity index (χ0) is 10.3. The molecule has 76 valence electrons. The normalized spacial score (nSPS) is 24.9. The molecular weight excluding hydrogens is 244 g/mol. The molecule has 0 saturated heterocycles. The molecule has 3 heteroatoms. The van der Waals surface area contributed by atoms with Gasteiger partial charge in [0.25, 0.3) is 0 Å². The summed E-state index contributed by atoms with van der Waals surface area (Å²) in [6.45, 7) is 4.10. The Balaban J connectivity index is 2.36. The van der Waals surface area contributed by atoms with Gasteiger partial charge in [0, 0.05) is 10.0 Å².